The molecule has 0 unspecified atom stereocenters. The fraction of sp³-hybridized carbons (Fsp3) is 0. The van der Waals surface area contributed by atoms with Gasteiger partial charge in [-0.3, -0.25) is 0 Å². The van der Waals surface area contributed by atoms with Crippen LogP contribution in [-0.4, -0.2) is 9.55 Å². The number of aromatic nitrogens is 2. The second-order valence-corrected chi connectivity index (χ2v) is 6.44. The van der Waals surface area contributed by atoms with Crippen LogP contribution >= 0.6 is 0 Å². The first-order chi connectivity index (χ1) is 13.3. The highest BCUT2D eigenvalue weighted by Gasteiger charge is 2.11. The molecule has 0 bridgehead atoms. The van der Waals surface area contributed by atoms with Crippen molar-refractivity contribution in [3.63, 3.8) is 0 Å². The summed E-state index contributed by atoms with van der Waals surface area (Å²) >= 11 is 0. The van der Waals surface area contributed by atoms with E-state index in [0.29, 0.717) is 5.69 Å². The van der Waals surface area contributed by atoms with Crippen LogP contribution in [0, 0.1) is 11.3 Å². The number of pyridine rings is 1. The van der Waals surface area contributed by atoms with E-state index in [1.807, 2.05) is 12.1 Å². The van der Waals surface area contributed by atoms with E-state index >= 15 is 0 Å². The van der Waals surface area contributed by atoms with Crippen LogP contribution in [0.15, 0.2) is 91.0 Å². The van der Waals surface area contributed by atoms with Crippen molar-refractivity contribution in [3.8, 4) is 23.0 Å². The van der Waals surface area contributed by atoms with Gasteiger partial charge in [0.2, 0.25) is 0 Å². The minimum Gasteiger partial charge on any atom is -0.309 e. The number of nitriles is 1. The van der Waals surface area contributed by atoms with Crippen molar-refractivity contribution in [2.75, 3.05) is 0 Å². The van der Waals surface area contributed by atoms with Crippen molar-refractivity contribution >= 4 is 21.8 Å². The molecule has 0 spiro atoms. The van der Waals surface area contributed by atoms with Gasteiger partial charge in [0.1, 0.15) is 11.8 Å². The van der Waals surface area contributed by atoms with Gasteiger partial charge in [-0.15, -0.1) is 0 Å². The lowest BCUT2D eigenvalue weighted by Crippen LogP contribution is -1.94. The summed E-state index contributed by atoms with van der Waals surface area (Å²) in [6.45, 7) is 0. The summed E-state index contributed by atoms with van der Waals surface area (Å²) in [7, 11) is 0. The van der Waals surface area contributed by atoms with Crippen molar-refractivity contribution in [2.45, 2.75) is 0 Å². The molecule has 27 heavy (non-hydrogen) atoms. The molecule has 3 aromatic carbocycles. The molecular formula is C24H15N3. The van der Waals surface area contributed by atoms with Crippen LogP contribution in [0.4, 0.5) is 0 Å². The number of hydrogen-bond donors (Lipinski definition) is 0. The molecule has 5 aromatic rings. The first-order valence-electron chi connectivity index (χ1n) is 8.81. The van der Waals surface area contributed by atoms with Gasteiger partial charge in [0.25, 0.3) is 0 Å². The lowest BCUT2D eigenvalue weighted by Gasteiger charge is -2.09. The van der Waals surface area contributed by atoms with E-state index < -0.39 is 0 Å². The van der Waals surface area contributed by atoms with Gasteiger partial charge in [-0.25, -0.2) is 4.98 Å². The maximum Gasteiger partial charge on any atom is 0.141 e. The van der Waals surface area contributed by atoms with E-state index in [1.54, 1.807) is 6.07 Å². The summed E-state index contributed by atoms with van der Waals surface area (Å²) in [4.78, 5) is 4.39. The maximum atomic E-state index is 9.06. The molecule has 0 atom stereocenters. The maximum absolute atomic E-state index is 9.06. The number of benzene rings is 3. The largest absolute Gasteiger partial charge is 0.309 e. The quantitative estimate of drug-likeness (QED) is 0.411. The number of para-hydroxylation sites is 2. The van der Waals surface area contributed by atoms with Crippen LogP contribution in [0.5, 0.6) is 0 Å². The molecule has 0 radical (unpaired) electrons. The number of rotatable bonds is 2. The highest BCUT2D eigenvalue weighted by molar-refractivity contribution is 6.09. The predicted molar refractivity (Wildman–Crippen MR) is 109 cm³/mol. The lowest BCUT2D eigenvalue weighted by atomic mass is 10.1. The van der Waals surface area contributed by atoms with Gasteiger partial charge in [0.15, 0.2) is 0 Å². The molecule has 0 aliphatic carbocycles. The molecule has 0 N–H and O–H groups in total. The number of hydrogen-bond acceptors (Lipinski definition) is 2. The van der Waals surface area contributed by atoms with E-state index in [4.69, 9.17) is 5.26 Å². The van der Waals surface area contributed by atoms with Crippen LogP contribution in [-0.2, 0) is 0 Å². The van der Waals surface area contributed by atoms with Crippen molar-refractivity contribution in [3.05, 3.63) is 96.7 Å². The molecule has 0 aliphatic heterocycles. The van der Waals surface area contributed by atoms with E-state index in [1.165, 1.54) is 21.8 Å². The molecular weight excluding hydrogens is 330 g/mol. The van der Waals surface area contributed by atoms with Gasteiger partial charge in [-0.2, -0.15) is 5.26 Å². The number of nitrogens with zero attached hydrogens (tertiary/aromatic N) is 3. The topological polar surface area (TPSA) is 41.6 Å². The Balaban J connectivity index is 1.68. The third-order valence-corrected chi connectivity index (χ3v) is 4.86. The van der Waals surface area contributed by atoms with Crippen molar-refractivity contribution in [1.29, 1.82) is 5.26 Å². The van der Waals surface area contributed by atoms with Gasteiger partial charge in [-0.1, -0.05) is 54.6 Å². The zero-order valence-corrected chi connectivity index (χ0v) is 14.5. The Morgan fingerprint density at radius 2 is 1.30 bits per heavy atom. The SMILES string of the molecule is N#Cc1cccc(-c2ccc(-n3c4ccccc4c4ccccc43)cc2)n1. The predicted octanol–water partition coefficient (Wildman–Crippen LogP) is 5.72. The first-order valence-corrected chi connectivity index (χ1v) is 8.81. The van der Waals surface area contributed by atoms with Gasteiger partial charge in [0.05, 0.1) is 16.7 Å². The summed E-state index contributed by atoms with van der Waals surface area (Å²) in [5, 5.41) is 11.6. The Labute approximate surface area is 156 Å². The minimum absolute atomic E-state index is 0.430. The van der Waals surface area contributed by atoms with Crippen LogP contribution in [0.2, 0.25) is 0 Å². The molecule has 0 fully saturated rings. The fourth-order valence-corrected chi connectivity index (χ4v) is 3.64. The van der Waals surface area contributed by atoms with E-state index in [2.05, 4.69) is 88.4 Å². The first kappa shape index (κ1) is 15.4. The molecule has 5 rings (SSSR count). The van der Waals surface area contributed by atoms with Crippen LogP contribution in [0.1, 0.15) is 5.69 Å². The molecule has 0 saturated heterocycles. The zero-order valence-electron chi connectivity index (χ0n) is 14.5. The summed E-state index contributed by atoms with van der Waals surface area (Å²) in [5.41, 5.74) is 5.72. The molecule has 2 aromatic heterocycles. The van der Waals surface area contributed by atoms with E-state index in [9.17, 15) is 0 Å². The van der Waals surface area contributed by atoms with Gasteiger partial charge in [0, 0.05) is 22.0 Å². The van der Waals surface area contributed by atoms with Crippen LogP contribution in [0.25, 0.3) is 38.8 Å². The summed E-state index contributed by atoms with van der Waals surface area (Å²) in [6.07, 6.45) is 0. The second-order valence-electron chi connectivity index (χ2n) is 6.44. The van der Waals surface area contributed by atoms with Crippen molar-refractivity contribution in [2.24, 2.45) is 0 Å². The molecule has 2 heterocycles. The molecule has 126 valence electrons. The van der Waals surface area contributed by atoms with Gasteiger partial charge < -0.3 is 4.57 Å². The molecule has 3 nitrogen and oxygen atoms in total. The van der Waals surface area contributed by atoms with Gasteiger partial charge >= 0.3 is 0 Å². The smallest absolute Gasteiger partial charge is 0.141 e. The molecule has 0 amide bonds. The standard InChI is InChI=1S/C24H15N3/c25-16-18-6-5-9-22(26-18)17-12-14-19(15-13-17)27-23-10-3-1-7-20(23)21-8-2-4-11-24(21)27/h1-15H. The Hall–Kier alpha value is -3.90. The normalized spacial score (nSPS) is 10.9. The Morgan fingerprint density at radius 1 is 0.667 bits per heavy atom. The average molecular weight is 345 g/mol. The van der Waals surface area contributed by atoms with E-state index in [-0.39, 0.29) is 0 Å². The Kier molecular flexibility index (Phi) is 3.48. The lowest BCUT2D eigenvalue weighted by molar-refractivity contribution is 1.18. The number of fused-ring (bicyclic) bond motifs is 3. The van der Waals surface area contributed by atoms with Crippen LogP contribution < -0.4 is 0 Å². The summed E-state index contributed by atoms with van der Waals surface area (Å²) in [6, 6.07) is 32.9. The fourth-order valence-electron chi connectivity index (χ4n) is 3.64. The Morgan fingerprint density at radius 3 is 1.93 bits per heavy atom. The second kappa shape index (κ2) is 6.12. The average Bonchev–Trinajstić information content (AvgIpc) is 3.08. The summed E-state index contributed by atoms with van der Waals surface area (Å²) < 4.78 is 2.29. The van der Waals surface area contributed by atoms with Crippen molar-refractivity contribution < 1.29 is 0 Å². The van der Waals surface area contributed by atoms with Crippen molar-refractivity contribution in [1.82, 2.24) is 9.55 Å². The zero-order chi connectivity index (χ0) is 18.2. The highest BCUT2D eigenvalue weighted by atomic mass is 15.0. The van der Waals surface area contributed by atoms with Gasteiger partial charge in [-0.05, 0) is 36.4 Å². The monoisotopic (exact) mass is 345 g/mol. The summed E-state index contributed by atoms with van der Waals surface area (Å²) in [5.74, 6) is 0. The minimum atomic E-state index is 0.430. The van der Waals surface area contributed by atoms with E-state index in [0.717, 1.165) is 16.9 Å². The highest BCUT2D eigenvalue weighted by Crippen LogP contribution is 2.32. The third-order valence-electron chi connectivity index (χ3n) is 4.86. The Bertz CT molecular complexity index is 1270. The van der Waals surface area contributed by atoms with Crippen LogP contribution in [0.3, 0.4) is 0 Å². The third kappa shape index (κ3) is 2.47. The molecule has 0 aliphatic rings. The molecule has 3 heteroatoms. The molecule has 0 saturated carbocycles.